The van der Waals surface area contributed by atoms with Crippen LogP contribution in [0.15, 0.2) is 121 Å². The number of benzene rings is 4. The standard InChI is InChI=1S/2C12H11O4P.H3O4P/c2*13-17(14,15-11-7-3-1-4-8-11)16-12-9-5-2-6-10-12;1-5(2,3)4/h2*1-10H,(H,13,14);(H3,1,2,3,4). The van der Waals surface area contributed by atoms with Crippen LogP contribution in [0, 0.1) is 0 Å². The summed E-state index contributed by atoms with van der Waals surface area (Å²) in [5.41, 5.74) is 0. The lowest BCUT2D eigenvalue weighted by molar-refractivity contribution is 0.275. The van der Waals surface area contributed by atoms with E-state index in [9.17, 15) is 18.9 Å². The van der Waals surface area contributed by atoms with Crippen LogP contribution in [0.4, 0.5) is 0 Å². The van der Waals surface area contributed by atoms with Gasteiger partial charge in [0.05, 0.1) is 0 Å². The highest BCUT2D eigenvalue weighted by atomic mass is 31.2. The molecule has 0 saturated heterocycles. The van der Waals surface area contributed by atoms with Crippen molar-refractivity contribution in [2.75, 3.05) is 0 Å². The third kappa shape index (κ3) is 15.5. The monoisotopic (exact) mass is 598 g/mol. The fourth-order valence-electron chi connectivity index (χ4n) is 2.50. The van der Waals surface area contributed by atoms with Crippen molar-refractivity contribution in [1.29, 1.82) is 0 Å². The summed E-state index contributed by atoms with van der Waals surface area (Å²) in [5, 5.41) is 0. The Labute approximate surface area is 224 Å². The molecule has 15 heteroatoms. The molecule has 0 aliphatic heterocycles. The van der Waals surface area contributed by atoms with Crippen LogP contribution in [-0.2, 0) is 13.7 Å². The van der Waals surface area contributed by atoms with Crippen LogP contribution >= 0.6 is 23.5 Å². The average molecular weight is 598 g/mol. The first kappa shape index (κ1) is 31.8. The molecule has 0 aliphatic carbocycles. The summed E-state index contributed by atoms with van der Waals surface area (Å²) in [5.74, 6) is 1.15. The van der Waals surface area contributed by atoms with E-state index < -0.39 is 23.5 Å². The van der Waals surface area contributed by atoms with E-state index in [-0.39, 0.29) is 23.0 Å². The zero-order valence-corrected chi connectivity index (χ0v) is 22.7. The van der Waals surface area contributed by atoms with Crippen molar-refractivity contribution in [1.82, 2.24) is 0 Å². The maximum Gasteiger partial charge on any atom is 0.584 e. The molecule has 0 amide bonds. The summed E-state index contributed by atoms with van der Waals surface area (Å²) in [6.07, 6.45) is 0. The van der Waals surface area contributed by atoms with Crippen molar-refractivity contribution >= 4 is 23.5 Å². The van der Waals surface area contributed by atoms with Crippen LogP contribution in [0.25, 0.3) is 0 Å². The average Bonchev–Trinajstić information content (AvgIpc) is 2.85. The summed E-state index contributed by atoms with van der Waals surface area (Å²) < 4.78 is 51.8. The van der Waals surface area contributed by atoms with Gasteiger partial charge < -0.3 is 32.8 Å². The molecule has 0 unspecified atom stereocenters. The lowest BCUT2D eigenvalue weighted by Crippen LogP contribution is -1.99. The Morgan fingerprint density at radius 1 is 0.359 bits per heavy atom. The molecule has 208 valence electrons. The summed E-state index contributed by atoms with van der Waals surface area (Å²) in [4.78, 5) is 40.6. The predicted molar refractivity (Wildman–Crippen MR) is 142 cm³/mol. The third-order valence-electron chi connectivity index (χ3n) is 3.86. The summed E-state index contributed by atoms with van der Waals surface area (Å²) >= 11 is 0. The zero-order valence-electron chi connectivity index (χ0n) is 20.0. The van der Waals surface area contributed by atoms with Crippen LogP contribution in [-0.4, -0.2) is 24.5 Å². The summed E-state index contributed by atoms with van der Waals surface area (Å²) in [7, 11) is -12.9. The van der Waals surface area contributed by atoms with Crippen molar-refractivity contribution in [3.05, 3.63) is 121 Å². The van der Waals surface area contributed by atoms with Gasteiger partial charge in [0.15, 0.2) is 0 Å². The van der Waals surface area contributed by atoms with Crippen molar-refractivity contribution in [3.8, 4) is 23.0 Å². The van der Waals surface area contributed by atoms with Gasteiger partial charge in [0, 0.05) is 0 Å². The molecule has 0 heterocycles. The second-order valence-electron chi connectivity index (χ2n) is 7.07. The largest absolute Gasteiger partial charge is 0.584 e. The highest BCUT2D eigenvalue weighted by molar-refractivity contribution is 7.48. The number of rotatable bonds is 8. The second kappa shape index (κ2) is 15.2. The number of phosphoric ester groups is 2. The molecule has 39 heavy (non-hydrogen) atoms. The fraction of sp³-hybridized carbons (Fsp3) is 0. The Balaban J connectivity index is 0.000000234. The molecular formula is C24H25O12P3. The minimum absolute atomic E-state index is 0.286. The lowest BCUT2D eigenvalue weighted by Gasteiger charge is -2.13. The van der Waals surface area contributed by atoms with E-state index in [1.807, 2.05) is 0 Å². The molecule has 4 rings (SSSR count). The number of phosphoric acid groups is 3. The Morgan fingerprint density at radius 3 is 0.667 bits per heavy atom. The topological polar surface area (TPSA) is 189 Å². The van der Waals surface area contributed by atoms with Crippen LogP contribution in [0.5, 0.6) is 23.0 Å². The maximum absolute atomic E-state index is 11.7. The number of hydrogen-bond acceptors (Lipinski definition) is 7. The normalized spacial score (nSPS) is 11.0. The van der Waals surface area contributed by atoms with E-state index >= 15 is 0 Å². The van der Waals surface area contributed by atoms with Gasteiger partial charge in [0.25, 0.3) is 0 Å². The first-order valence-corrected chi connectivity index (χ1v) is 15.3. The van der Waals surface area contributed by atoms with E-state index in [1.54, 1.807) is 121 Å². The van der Waals surface area contributed by atoms with Gasteiger partial charge in [-0.2, -0.15) is 0 Å². The Hall–Kier alpha value is -3.43. The van der Waals surface area contributed by atoms with E-state index in [2.05, 4.69) is 0 Å². The van der Waals surface area contributed by atoms with Crippen LogP contribution in [0.2, 0.25) is 0 Å². The van der Waals surface area contributed by atoms with Gasteiger partial charge in [-0.15, -0.1) is 0 Å². The number of hydrogen-bond donors (Lipinski definition) is 5. The van der Waals surface area contributed by atoms with Gasteiger partial charge in [0.1, 0.15) is 23.0 Å². The molecule has 0 atom stereocenters. The van der Waals surface area contributed by atoms with Gasteiger partial charge in [0.2, 0.25) is 0 Å². The molecule has 0 spiro atoms. The minimum Gasteiger partial charge on any atom is -0.395 e. The van der Waals surface area contributed by atoms with Gasteiger partial charge in [-0.3, -0.25) is 9.79 Å². The lowest BCUT2D eigenvalue weighted by atomic mass is 10.3. The third-order valence-corrected chi connectivity index (χ3v) is 5.62. The van der Waals surface area contributed by atoms with Crippen molar-refractivity contribution in [3.63, 3.8) is 0 Å². The van der Waals surface area contributed by atoms with Crippen LogP contribution < -0.4 is 18.1 Å². The first-order valence-electron chi connectivity index (χ1n) is 10.7. The quantitative estimate of drug-likeness (QED) is 0.159. The second-order valence-corrected chi connectivity index (χ2v) is 10.7. The molecule has 5 N–H and O–H groups in total. The molecule has 0 aliphatic rings. The smallest absolute Gasteiger partial charge is 0.395 e. The molecule has 0 radical (unpaired) electrons. The molecule has 0 aromatic heterocycles. The molecule has 0 bridgehead atoms. The van der Waals surface area contributed by atoms with Gasteiger partial charge in [-0.1, -0.05) is 72.8 Å². The van der Waals surface area contributed by atoms with E-state index in [0.717, 1.165) is 0 Å². The van der Waals surface area contributed by atoms with E-state index in [1.165, 1.54) is 0 Å². The van der Waals surface area contributed by atoms with Crippen LogP contribution in [0.1, 0.15) is 0 Å². The minimum atomic E-state index is -4.64. The van der Waals surface area contributed by atoms with Gasteiger partial charge in [-0.05, 0) is 48.5 Å². The molecule has 0 saturated carbocycles. The van der Waals surface area contributed by atoms with Gasteiger partial charge in [-0.25, -0.2) is 13.7 Å². The molecular weight excluding hydrogens is 573 g/mol. The zero-order chi connectivity index (χ0) is 28.8. The molecule has 0 fully saturated rings. The highest BCUT2D eigenvalue weighted by Gasteiger charge is 2.25. The van der Waals surface area contributed by atoms with Gasteiger partial charge >= 0.3 is 23.5 Å². The van der Waals surface area contributed by atoms with Crippen molar-refractivity contribution in [2.24, 2.45) is 0 Å². The highest BCUT2D eigenvalue weighted by Crippen LogP contribution is 2.45. The predicted octanol–water partition coefficient (Wildman–Crippen LogP) is 5.56. The summed E-state index contributed by atoms with van der Waals surface area (Å²) in [6, 6.07) is 33.4. The van der Waals surface area contributed by atoms with E-state index in [0.29, 0.717) is 0 Å². The van der Waals surface area contributed by atoms with Crippen molar-refractivity contribution < 1.29 is 56.3 Å². The first-order chi connectivity index (χ1) is 18.3. The Bertz CT molecular complexity index is 1190. The van der Waals surface area contributed by atoms with E-state index in [4.69, 9.17) is 37.3 Å². The number of para-hydroxylation sites is 4. The summed E-state index contributed by atoms with van der Waals surface area (Å²) in [6.45, 7) is 0. The van der Waals surface area contributed by atoms with Crippen molar-refractivity contribution in [2.45, 2.75) is 0 Å². The molecule has 4 aromatic rings. The fourth-order valence-corrected chi connectivity index (χ4v) is 4.12. The Morgan fingerprint density at radius 2 is 0.513 bits per heavy atom. The molecule has 4 aromatic carbocycles. The van der Waals surface area contributed by atoms with Crippen LogP contribution in [0.3, 0.4) is 0 Å². The molecule has 12 nitrogen and oxygen atoms in total. The maximum atomic E-state index is 11.7. The Kier molecular flexibility index (Phi) is 12.4. The SMILES string of the molecule is O=P(O)(O)O.O=P(O)(Oc1ccccc1)Oc1ccccc1.O=P(O)(Oc1ccccc1)Oc1ccccc1.